The van der Waals surface area contributed by atoms with E-state index in [1.165, 1.54) is 6.08 Å². The number of aromatic amines is 2. The van der Waals surface area contributed by atoms with E-state index in [1.807, 2.05) is 29.2 Å². The van der Waals surface area contributed by atoms with Crippen molar-refractivity contribution in [1.29, 1.82) is 0 Å². The van der Waals surface area contributed by atoms with Crippen LogP contribution in [0.5, 0.6) is 0 Å². The van der Waals surface area contributed by atoms with E-state index in [4.69, 9.17) is 0 Å². The summed E-state index contributed by atoms with van der Waals surface area (Å²) in [5, 5.41) is 10.9. The second-order valence-corrected chi connectivity index (χ2v) is 6.13. The topological polar surface area (TPSA) is 109 Å². The van der Waals surface area contributed by atoms with E-state index in [2.05, 4.69) is 25.8 Å². The molecule has 7 nitrogen and oxygen atoms in total. The average molecular weight is 315 g/mol. The second-order valence-electron chi connectivity index (χ2n) is 6.13. The van der Waals surface area contributed by atoms with E-state index in [0.717, 1.165) is 11.1 Å². The van der Waals surface area contributed by atoms with Gasteiger partial charge in [0.1, 0.15) is 5.69 Å². The Balaban J connectivity index is 2.39. The zero-order valence-corrected chi connectivity index (χ0v) is 13.0. The van der Waals surface area contributed by atoms with Crippen LogP contribution in [0, 0.1) is 10.1 Å². The smallest absolute Gasteiger partial charge is 0.301 e. The van der Waals surface area contributed by atoms with Gasteiger partial charge in [0.15, 0.2) is 0 Å². The zero-order chi connectivity index (χ0) is 17.2. The van der Waals surface area contributed by atoms with Crippen LogP contribution in [0.3, 0.4) is 0 Å². The maximum absolute atomic E-state index is 11.5. The van der Waals surface area contributed by atoms with Gasteiger partial charge < -0.3 is 4.98 Å². The van der Waals surface area contributed by atoms with Gasteiger partial charge in [-0.05, 0) is 22.6 Å². The molecule has 0 amide bonds. The van der Waals surface area contributed by atoms with E-state index >= 15 is 0 Å². The number of nitrogens with zero attached hydrogens (tertiary/aromatic N) is 1. The molecule has 0 bridgehead atoms. The molecule has 7 heteroatoms. The predicted octanol–water partition coefficient (Wildman–Crippen LogP) is 2.44. The summed E-state index contributed by atoms with van der Waals surface area (Å²) in [4.78, 5) is 37.0. The summed E-state index contributed by atoms with van der Waals surface area (Å²) in [7, 11) is 0. The Morgan fingerprint density at radius 1 is 1.04 bits per heavy atom. The van der Waals surface area contributed by atoms with Crippen LogP contribution in [0.25, 0.3) is 12.2 Å². The highest BCUT2D eigenvalue weighted by Gasteiger charge is 2.18. The summed E-state index contributed by atoms with van der Waals surface area (Å²) >= 11 is 0. The summed E-state index contributed by atoms with van der Waals surface area (Å²) in [5.74, 6) is 0. The highest BCUT2D eigenvalue weighted by atomic mass is 16.6. The van der Waals surface area contributed by atoms with Gasteiger partial charge in [-0.2, -0.15) is 0 Å². The third kappa shape index (κ3) is 3.82. The van der Waals surface area contributed by atoms with Crippen molar-refractivity contribution in [2.45, 2.75) is 26.2 Å². The molecular formula is C16H17N3O4. The lowest BCUT2D eigenvalue weighted by atomic mass is 9.87. The van der Waals surface area contributed by atoms with Crippen LogP contribution in [0.4, 0.5) is 5.69 Å². The third-order valence-electron chi connectivity index (χ3n) is 3.35. The summed E-state index contributed by atoms with van der Waals surface area (Å²) in [6.45, 7) is 6.30. The Hall–Kier alpha value is -2.96. The van der Waals surface area contributed by atoms with Crippen molar-refractivity contribution in [2.24, 2.45) is 0 Å². The van der Waals surface area contributed by atoms with E-state index in [9.17, 15) is 19.7 Å². The van der Waals surface area contributed by atoms with Crippen molar-refractivity contribution in [3.63, 3.8) is 0 Å². The van der Waals surface area contributed by atoms with E-state index in [1.54, 1.807) is 6.08 Å². The van der Waals surface area contributed by atoms with E-state index < -0.39 is 21.9 Å². The lowest BCUT2D eigenvalue weighted by molar-refractivity contribution is -0.386. The van der Waals surface area contributed by atoms with Crippen LogP contribution < -0.4 is 11.2 Å². The van der Waals surface area contributed by atoms with Gasteiger partial charge in [-0.1, -0.05) is 51.1 Å². The molecule has 1 aromatic carbocycles. The second kappa shape index (κ2) is 6.04. The van der Waals surface area contributed by atoms with Gasteiger partial charge >= 0.3 is 16.9 Å². The first kappa shape index (κ1) is 16.4. The fourth-order valence-corrected chi connectivity index (χ4v) is 2.07. The molecule has 0 saturated carbocycles. The molecule has 2 aromatic rings. The lowest BCUT2D eigenvalue weighted by Gasteiger charge is -2.18. The third-order valence-corrected chi connectivity index (χ3v) is 3.35. The van der Waals surface area contributed by atoms with Crippen LogP contribution in [0.15, 0.2) is 33.9 Å². The monoisotopic (exact) mass is 315 g/mol. The molecule has 0 saturated heterocycles. The first-order chi connectivity index (χ1) is 10.7. The predicted molar refractivity (Wildman–Crippen MR) is 88.4 cm³/mol. The molecule has 0 aliphatic heterocycles. The van der Waals surface area contributed by atoms with Crippen LogP contribution in [0.1, 0.15) is 37.6 Å². The molecule has 1 heterocycles. The Labute approximate surface area is 131 Å². The number of hydrogen-bond acceptors (Lipinski definition) is 4. The number of nitrogens with one attached hydrogen (secondary N) is 2. The first-order valence-corrected chi connectivity index (χ1v) is 6.98. The highest BCUT2D eigenvalue weighted by Crippen LogP contribution is 2.22. The molecule has 1 aromatic heterocycles. The van der Waals surface area contributed by atoms with Crippen LogP contribution in [-0.2, 0) is 5.41 Å². The molecule has 2 N–H and O–H groups in total. The summed E-state index contributed by atoms with van der Waals surface area (Å²) in [6.07, 6.45) is 2.95. The average Bonchev–Trinajstić information content (AvgIpc) is 2.43. The molecule has 0 radical (unpaired) electrons. The van der Waals surface area contributed by atoms with Crippen LogP contribution in [0.2, 0.25) is 0 Å². The molecular weight excluding hydrogens is 298 g/mol. The summed E-state index contributed by atoms with van der Waals surface area (Å²) in [6, 6.07) is 7.67. The number of aromatic nitrogens is 2. The molecule has 0 unspecified atom stereocenters. The molecule has 0 aliphatic carbocycles. The Morgan fingerprint density at radius 2 is 1.65 bits per heavy atom. The Kier molecular flexibility index (Phi) is 4.31. The number of benzene rings is 1. The van der Waals surface area contributed by atoms with Gasteiger partial charge in [-0.15, -0.1) is 0 Å². The SMILES string of the molecule is CC(C)(C)c1ccc(C=Cc2[nH]c(=O)[nH]c(=O)c2[N+](=O)[O-])cc1. The van der Waals surface area contributed by atoms with Gasteiger partial charge in [0, 0.05) is 0 Å². The van der Waals surface area contributed by atoms with Crippen molar-refractivity contribution < 1.29 is 4.92 Å². The quantitative estimate of drug-likeness (QED) is 0.669. The van der Waals surface area contributed by atoms with E-state index in [-0.39, 0.29) is 11.1 Å². The number of hydrogen-bond donors (Lipinski definition) is 2. The maximum atomic E-state index is 11.5. The molecule has 2 rings (SSSR count). The van der Waals surface area contributed by atoms with Crippen molar-refractivity contribution in [3.05, 3.63) is 72.0 Å². The number of H-pyrrole nitrogens is 2. The van der Waals surface area contributed by atoms with E-state index in [0.29, 0.717) is 0 Å². The molecule has 0 atom stereocenters. The molecule has 0 spiro atoms. The summed E-state index contributed by atoms with van der Waals surface area (Å²) in [5.41, 5.74) is -0.654. The number of nitro groups is 1. The fraction of sp³-hybridized carbons (Fsp3) is 0.250. The Bertz CT molecular complexity index is 868. The van der Waals surface area contributed by atoms with Crippen LogP contribution in [-0.4, -0.2) is 14.9 Å². The standard InChI is InChI=1S/C16H17N3O4/c1-16(2,3)11-7-4-10(5-8-11)6-9-12-13(19(22)23)14(20)18-15(21)17-12/h4-9H,1-3H3,(H2,17,18,20,21). The minimum Gasteiger partial charge on any atom is -0.301 e. The zero-order valence-electron chi connectivity index (χ0n) is 13.0. The fourth-order valence-electron chi connectivity index (χ4n) is 2.07. The van der Waals surface area contributed by atoms with Crippen molar-refractivity contribution in [1.82, 2.24) is 9.97 Å². The van der Waals surface area contributed by atoms with Crippen molar-refractivity contribution in [2.75, 3.05) is 0 Å². The van der Waals surface area contributed by atoms with Crippen LogP contribution >= 0.6 is 0 Å². The van der Waals surface area contributed by atoms with Gasteiger partial charge in [-0.3, -0.25) is 19.9 Å². The maximum Gasteiger partial charge on any atom is 0.357 e. The van der Waals surface area contributed by atoms with Crippen molar-refractivity contribution in [3.8, 4) is 0 Å². The molecule has 0 fully saturated rings. The molecule has 0 aliphatic rings. The minimum absolute atomic E-state index is 0.0268. The normalized spacial score (nSPS) is 11.8. The lowest BCUT2D eigenvalue weighted by Crippen LogP contribution is -2.25. The minimum atomic E-state index is -1.03. The largest absolute Gasteiger partial charge is 0.357 e. The summed E-state index contributed by atoms with van der Waals surface area (Å²) < 4.78 is 0. The van der Waals surface area contributed by atoms with Gasteiger partial charge in [0.2, 0.25) is 0 Å². The first-order valence-electron chi connectivity index (χ1n) is 6.98. The molecule has 23 heavy (non-hydrogen) atoms. The van der Waals surface area contributed by atoms with Gasteiger partial charge in [0.05, 0.1) is 4.92 Å². The van der Waals surface area contributed by atoms with Gasteiger partial charge in [0.25, 0.3) is 0 Å². The van der Waals surface area contributed by atoms with Gasteiger partial charge in [-0.25, -0.2) is 4.79 Å². The number of rotatable bonds is 3. The highest BCUT2D eigenvalue weighted by molar-refractivity contribution is 5.71. The Morgan fingerprint density at radius 3 is 2.17 bits per heavy atom. The molecule has 120 valence electrons. The van der Waals surface area contributed by atoms with Crippen molar-refractivity contribution >= 4 is 17.8 Å².